The molecule has 0 radical (unpaired) electrons. The van der Waals surface area contributed by atoms with Crippen molar-refractivity contribution in [2.24, 2.45) is 0 Å². The molecular weight excluding hydrogens is 260 g/mol. The predicted octanol–water partition coefficient (Wildman–Crippen LogP) is 1.86. The van der Waals surface area contributed by atoms with E-state index in [1.54, 1.807) is 12.1 Å². The van der Waals surface area contributed by atoms with Crippen molar-refractivity contribution < 1.29 is 17.4 Å². The Hall–Kier alpha value is -1.27. The second-order valence-electron chi connectivity index (χ2n) is 3.57. The third-order valence-electron chi connectivity index (χ3n) is 2.16. The van der Waals surface area contributed by atoms with E-state index < -0.39 is 10.1 Å². The molecule has 1 aromatic carbocycles. The molecule has 0 saturated heterocycles. The molecule has 4 nitrogen and oxygen atoms in total. The predicted molar refractivity (Wildman–Crippen MR) is 65.0 cm³/mol. The number of carbonyl (C=O) groups excluding carboxylic acids is 1. The van der Waals surface area contributed by atoms with Crippen LogP contribution in [0, 0.1) is 6.92 Å². The van der Waals surface area contributed by atoms with Crippen LogP contribution in [0.5, 0.6) is 0 Å². The van der Waals surface area contributed by atoms with Gasteiger partial charge in [-0.15, -0.1) is 0 Å². The zero-order valence-electron chi connectivity index (χ0n) is 9.04. The Morgan fingerprint density at radius 3 is 2.41 bits per heavy atom. The van der Waals surface area contributed by atoms with Gasteiger partial charge in [0.1, 0.15) is 10.7 Å². The lowest BCUT2D eigenvalue weighted by Gasteiger charge is -2.06. The molecule has 1 aromatic rings. The maximum absolute atomic E-state index is 11.8. The average molecular weight is 270 g/mol. The zero-order valence-corrected chi connectivity index (χ0v) is 10.7. The molecular formula is C11H10O4S2. The van der Waals surface area contributed by atoms with Crippen molar-refractivity contribution in [1.82, 2.24) is 0 Å². The lowest BCUT2D eigenvalue weighted by molar-refractivity contribution is -0.106. The summed E-state index contributed by atoms with van der Waals surface area (Å²) in [7, 11) is -3.82. The normalized spacial score (nSPS) is 15.8. The molecule has 0 saturated carbocycles. The van der Waals surface area contributed by atoms with Crippen LogP contribution in [0.3, 0.4) is 0 Å². The molecule has 0 unspecified atom stereocenters. The van der Waals surface area contributed by atoms with E-state index in [-0.39, 0.29) is 21.5 Å². The topological polar surface area (TPSA) is 60.4 Å². The van der Waals surface area contributed by atoms with Crippen molar-refractivity contribution in [3.63, 3.8) is 0 Å². The number of thioether (sulfide) groups is 1. The largest absolute Gasteiger partial charge is 0.382 e. The van der Waals surface area contributed by atoms with Crippen molar-refractivity contribution in [3.05, 3.63) is 41.7 Å². The molecule has 1 aliphatic rings. The number of carbonyl (C=O) groups is 1. The summed E-state index contributed by atoms with van der Waals surface area (Å²) in [6, 6.07) is 6.35. The minimum atomic E-state index is -3.82. The molecule has 0 fully saturated rings. The number of hydrogen-bond donors (Lipinski definition) is 0. The molecule has 0 aromatic heterocycles. The molecule has 0 spiro atoms. The van der Waals surface area contributed by atoms with Gasteiger partial charge in [-0.05, 0) is 19.1 Å². The summed E-state index contributed by atoms with van der Waals surface area (Å²) in [5, 5.41) is -0.181. The summed E-state index contributed by atoms with van der Waals surface area (Å²) in [4.78, 5) is 11.0. The standard InChI is InChI=1S/C11H10O4S2/c1-8-2-4-10(5-3-8)17(13,14)15-9-6-11(12)16-7-9/h2-6H,7H2,1H3. The second-order valence-corrected chi connectivity index (χ2v) is 6.09. The monoisotopic (exact) mass is 270 g/mol. The van der Waals surface area contributed by atoms with Gasteiger partial charge in [-0.25, -0.2) is 0 Å². The van der Waals surface area contributed by atoms with Crippen LogP contribution in [0.4, 0.5) is 0 Å². The van der Waals surface area contributed by atoms with Gasteiger partial charge in [0, 0.05) is 6.08 Å². The molecule has 0 atom stereocenters. The van der Waals surface area contributed by atoms with E-state index in [0.29, 0.717) is 0 Å². The first-order valence-electron chi connectivity index (χ1n) is 4.86. The van der Waals surface area contributed by atoms with Gasteiger partial charge >= 0.3 is 10.1 Å². The highest BCUT2D eigenvalue weighted by Gasteiger charge is 2.22. The number of rotatable bonds is 3. The van der Waals surface area contributed by atoms with Crippen molar-refractivity contribution in [2.75, 3.05) is 5.75 Å². The van der Waals surface area contributed by atoms with Gasteiger partial charge in [-0.1, -0.05) is 29.5 Å². The van der Waals surface area contributed by atoms with Crippen molar-refractivity contribution in [2.45, 2.75) is 11.8 Å². The summed E-state index contributed by atoms with van der Waals surface area (Å²) in [6.07, 6.45) is 1.20. The molecule has 0 aliphatic carbocycles. The van der Waals surface area contributed by atoms with Crippen LogP contribution in [0.2, 0.25) is 0 Å². The van der Waals surface area contributed by atoms with E-state index in [9.17, 15) is 13.2 Å². The van der Waals surface area contributed by atoms with Crippen molar-refractivity contribution in [1.29, 1.82) is 0 Å². The Morgan fingerprint density at radius 1 is 1.24 bits per heavy atom. The first-order valence-corrected chi connectivity index (χ1v) is 7.25. The van der Waals surface area contributed by atoms with Gasteiger partial charge in [-0.2, -0.15) is 8.42 Å². The molecule has 6 heteroatoms. The fourth-order valence-electron chi connectivity index (χ4n) is 1.30. The van der Waals surface area contributed by atoms with Crippen LogP contribution in [-0.4, -0.2) is 19.3 Å². The second kappa shape index (κ2) is 4.54. The Labute approximate surface area is 104 Å². The van der Waals surface area contributed by atoms with Gasteiger partial charge in [-0.3, -0.25) is 4.79 Å². The van der Waals surface area contributed by atoms with Crippen LogP contribution in [0.25, 0.3) is 0 Å². The van der Waals surface area contributed by atoms with Crippen LogP contribution < -0.4 is 0 Å². The molecule has 17 heavy (non-hydrogen) atoms. The van der Waals surface area contributed by atoms with Crippen molar-refractivity contribution in [3.8, 4) is 0 Å². The number of benzene rings is 1. The summed E-state index contributed by atoms with van der Waals surface area (Å²) < 4.78 is 28.5. The quantitative estimate of drug-likeness (QED) is 0.785. The highest BCUT2D eigenvalue weighted by molar-refractivity contribution is 8.14. The minimum Gasteiger partial charge on any atom is -0.382 e. The molecule has 1 heterocycles. The third kappa shape index (κ3) is 2.89. The number of aryl methyl sites for hydroxylation is 1. The van der Waals surface area contributed by atoms with Crippen molar-refractivity contribution >= 4 is 27.0 Å². The maximum atomic E-state index is 11.8. The smallest absolute Gasteiger partial charge is 0.338 e. The van der Waals surface area contributed by atoms with Crippen LogP contribution in [0.1, 0.15) is 5.56 Å². The molecule has 2 rings (SSSR count). The van der Waals surface area contributed by atoms with E-state index in [1.165, 1.54) is 18.2 Å². The summed E-state index contributed by atoms with van der Waals surface area (Å²) in [5.74, 6) is 0.449. The highest BCUT2D eigenvalue weighted by Crippen LogP contribution is 2.24. The summed E-state index contributed by atoms with van der Waals surface area (Å²) in [5.41, 5.74) is 0.967. The van der Waals surface area contributed by atoms with Gasteiger partial charge < -0.3 is 4.18 Å². The Balaban J connectivity index is 2.22. The van der Waals surface area contributed by atoms with Crippen LogP contribution >= 0.6 is 11.8 Å². The van der Waals surface area contributed by atoms with Gasteiger partial charge in [0.05, 0.1) is 5.75 Å². The molecule has 0 bridgehead atoms. The lowest BCUT2D eigenvalue weighted by Crippen LogP contribution is -2.06. The Kier molecular flexibility index (Phi) is 3.26. The van der Waals surface area contributed by atoms with E-state index in [2.05, 4.69) is 0 Å². The SMILES string of the molecule is Cc1ccc(S(=O)(=O)OC2=CC(=O)SC2)cc1. The molecule has 0 amide bonds. The van der Waals surface area contributed by atoms with E-state index in [0.717, 1.165) is 17.3 Å². The number of hydrogen-bond acceptors (Lipinski definition) is 5. The van der Waals surface area contributed by atoms with Crippen LogP contribution in [0.15, 0.2) is 41.0 Å². The summed E-state index contributed by atoms with van der Waals surface area (Å²) >= 11 is 1.02. The molecule has 0 N–H and O–H groups in total. The van der Waals surface area contributed by atoms with E-state index >= 15 is 0 Å². The molecule has 1 aliphatic heterocycles. The summed E-state index contributed by atoms with van der Waals surface area (Å²) in [6.45, 7) is 1.87. The Morgan fingerprint density at radius 2 is 1.88 bits per heavy atom. The highest BCUT2D eigenvalue weighted by atomic mass is 32.2. The third-order valence-corrected chi connectivity index (χ3v) is 4.28. The zero-order chi connectivity index (χ0) is 12.5. The fraction of sp³-hybridized carbons (Fsp3) is 0.182. The fourth-order valence-corrected chi connectivity index (χ4v) is 2.97. The van der Waals surface area contributed by atoms with Gasteiger partial charge in [0.2, 0.25) is 5.12 Å². The molecule has 90 valence electrons. The lowest BCUT2D eigenvalue weighted by atomic mass is 10.2. The van der Waals surface area contributed by atoms with Gasteiger partial charge in [0.15, 0.2) is 0 Å². The van der Waals surface area contributed by atoms with E-state index in [1.807, 2.05) is 6.92 Å². The van der Waals surface area contributed by atoms with Gasteiger partial charge in [0.25, 0.3) is 0 Å². The first-order chi connectivity index (χ1) is 7.97. The Bertz CT molecular complexity index is 570. The maximum Gasteiger partial charge on any atom is 0.338 e. The van der Waals surface area contributed by atoms with Crippen LogP contribution in [-0.2, 0) is 19.1 Å². The first kappa shape index (κ1) is 12.2. The minimum absolute atomic E-state index is 0.0911. The van der Waals surface area contributed by atoms with E-state index in [4.69, 9.17) is 4.18 Å². The average Bonchev–Trinajstić information content (AvgIpc) is 2.63.